The van der Waals surface area contributed by atoms with Crippen LogP contribution in [-0.4, -0.2) is 21.2 Å². The molecule has 1 aromatic heterocycles. The maximum absolute atomic E-state index is 10.5. The van der Waals surface area contributed by atoms with E-state index in [-0.39, 0.29) is 5.82 Å². The van der Waals surface area contributed by atoms with Crippen LogP contribution in [0, 0.1) is 6.92 Å². The molecule has 0 aliphatic rings. The van der Waals surface area contributed by atoms with Gasteiger partial charge in [-0.15, -0.1) is 0 Å². The lowest BCUT2D eigenvalue weighted by Crippen LogP contribution is -1.99. The van der Waals surface area contributed by atoms with Gasteiger partial charge in [-0.05, 0) is 24.1 Å². The van der Waals surface area contributed by atoms with Gasteiger partial charge in [-0.25, -0.2) is 4.79 Å². The van der Waals surface area contributed by atoms with Gasteiger partial charge in [0.2, 0.25) is 5.89 Å². The van der Waals surface area contributed by atoms with Crippen molar-refractivity contribution in [2.24, 2.45) is 0 Å². The molecule has 0 amide bonds. The number of hydrogen-bond acceptors (Lipinski definition) is 4. The molecule has 0 radical (unpaired) electrons. The third kappa shape index (κ3) is 2.90. The van der Waals surface area contributed by atoms with Gasteiger partial charge in [-0.3, -0.25) is 0 Å². The van der Waals surface area contributed by atoms with Crippen LogP contribution >= 0.6 is 0 Å². The van der Waals surface area contributed by atoms with Gasteiger partial charge in [0.25, 0.3) is 5.82 Å². The minimum absolute atomic E-state index is 0.288. The van der Waals surface area contributed by atoms with Crippen molar-refractivity contribution in [1.29, 1.82) is 0 Å². The quantitative estimate of drug-likeness (QED) is 0.870. The topological polar surface area (TPSA) is 76.2 Å². The number of aromatic nitrogens is 2. The second-order valence-electron chi connectivity index (χ2n) is 3.80. The number of hydrogen-bond donors (Lipinski definition) is 1. The van der Waals surface area contributed by atoms with Gasteiger partial charge < -0.3 is 9.63 Å². The summed E-state index contributed by atoms with van der Waals surface area (Å²) in [5.74, 6) is -1.11. The van der Waals surface area contributed by atoms with E-state index >= 15 is 0 Å². The van der Waals surface area contributed by atoms with Crippen molar-refractivity contribution < 1.29 is 14.4 Å². The van der Waals surface area contributed by atoms with Gasteiger partial charge in [0.15, 0.2) is 0 Å². The number of carboxylic acid groups (broad SMARTS) is 1. The zero-order chi connectivity index (χ0) is 12.3. The smallest absolute Gasteiger partial charge is 0.377 e. The molecule has 0 bridgehead atoms. The van der Waals surface area contributed by atoms with Crippen molar-refractivity contribution in [3.63, 3.8) is 0 Å². The molecule has 0 atom stereocenters. The summed E-state index contributed by atoms with van der Waals surface area (Å²) >= 11 is 0. The SMILES string of the molecule is Cc1ccc(CCc2nc(C(=O)O)no2)cc1. The summed E-state index contributed by atoms with van der Waals surface area (Å²) < 4.78 is 4.83. The summed E-state index contributed by atoms with van der Waals surface area (Å²) in [4.78, 5) is 14.3. The summed E-state index contributed by atoms with van der Waals surface area (Å²) in [6.45, 7) is 2.03. The molecule has 5 nitrogen and oxygen atoms in total. The molecular weight excluding hydrogens is 220 g/mol. The zero-order valence-corrected chi connectivity index (χ0v) is 9.38. The maximum Gasteiger partial charge on any atom is 0.377 e. The third-order valence-electron chi connectivity index (χ3n) is 2.41. The number of carboxylic acids is 1. The predicted octanol–water partition coefficient (Wildman–Crippen LogP) is 1.86. The predicted molar refractivity (Wildman–Crippen MR) is 59.8 cm³/mol. The molecule has 88 valence electrons. The summed E-state index contributed by atoms with van der Waals surface area (Å²) in [6.07, 6.45) is 1.30. The van der Waals surface area contributed by atoms with Crippen LogP contribution < -0.4 is 0 Å². The normalized spacial score (nSPS) is 10.4. The van der Waals surface area contributed by atoms with Crippen LogP contribution in [0.4, 0.5) is 0 Å². The van der Waals surface area contributed by atoms with Gasteiger partial charge in [0.1, 0.15) is 0 Å². The van der Waals surface area contributed by atoms with Crippen LogP contribution in [0.25, 0.3) is 0 Å². The molecule has 1 N–H and O–H groups in total. The van der Waals surface area contributed by atoms with E-state index in [2.05, 4.69) is 10.1 Å². The summed E-state index contributed by atoms with van der Waals surface area (Å²) in [6, 6.07) is 8.13. The van der Waals surface area contributed by atoms with Crippen molar-refractivity contribution in [1.82, 2.24) is 10.1 Å². The number of benzene rings is 1. The Kier molecular flexibility index (Phi) is 3.18. The fraction of sp³-hybridized carbons (Fsp3) is 0.250. The molecule has 0 saturated heterocycles. The fourth-order valence-electron chi connectivity index (χ4n) is 1.45. The second-order valence-corrected chi connectivity index (χ2v) is 3.80. The minimum atomic E-state index is -1.17. The minimum Gasteiger partial charge on any atom is -0.475 e. The maximum atomic E-state index is 10.5. The number of carbonyl (C=O) groups is 1. The molecule has 0 unspecified atom stereocenters. The highest BCUT2D eigenvalue weighted by atomic mass is 16.5. The Morgan fingerprint density at radius 1 is 1.29 bits per heavy atom. The molecule has 0 fully saturated rings. The molecular formula is C12H12N2O3. The van der Waals surface area contributed by atoms with Crippen LogP contribution in [0.15, 0.2) is 28.8 Å². The van der Waals surface area contributed by atoms with Crippen molar-refractivity contribution in [3.05, 3.63) is 47.1 Å². The number of nitrogens with zero attached hydrogens (tertiary/aromatic N) is 2. The van der Waals surface area contributed by atoms with Crippen LogP contribution in [0.5, 0.6) is 0 Å². The largest absolute Gasteiger partial charge is 0.475 e. The molecule has 1 heterocycles. The van der Waals surface area contributed by atoms with Gasteiger partial charge in [-0.1, -0.05) is 29.8 Å². The Balaban J connectivity index is 1.97. The third-order valence-corrected chi connectivity index (χ3v) is 2.41. The van der Waals surface area contributed by atoms with E-state index in [4.69, 9.17) is 9.63 Å². The van der Waals surface area contributed by atoms with E-state index in [0.717, 1.165) is 12.0 Å². The average Bonchev–Trinajstić information content (AvgIpc) is 2.77. The Morgan fingerprint density at radius 2 is 2.00 bits per heavy atom. The molecule has 2 rings (SSSR count). The molecule has 0 spiro atoms. The first-order valence-electron chi connectivity index (χ1n) is 5.26. The average molecular weight is 232 g/mol. The highest BCUT2D eigenvalue weighted by Gasteiger charge is 2.12. The Morgan fingerprint density at radius 3 is 2.59 bits per heavy atom. The van der Waals surface area contributed by atoms with Gasteiger partial charge >= 0.3 is 5.97 Å². The highest BCUT2D eigenvalue weighted by Crippen LogP contribution is 2.07. The Bertz CT molecular complexity index is 517. The standard InChI is InChI=1S/C12H12N2O3/c1-8-2-4-9(5-3-8)6-7-10-13-11(12(15)16)14-17-10/h2-5H,6-7H2,1H3,(H,15,16). The van der Waals surface area contributed by atoms with Crippen molar-refractivity contribution in [3.8, 4) is 0 Å². The van der Waals surface area contributed by atoms with Crippen molar-refractivity contribution in [2.75, 3.05) is 0 Å². The lowest BCUT2D eigenvalue weighted by Gasteiger charge is -1.98. The molecule has 0 saturated carbocycles. The molecule has 1 aromatic carbocycles. The number of rotatable bonds is 4. The van der Waals surface area contributed by atoms with Crippen molar-refractivity contribution >= 4 is 5.97 Å². The van der Waals surface area contributed by atoms with E-state index in [1.54, 1.807) is 0 Å². The second kappa shape index (κ2) is 4.78. The first-order valence-corrected chi connectivity index (χ1v) is 5.26. The van der Waals surface area contributed by atoms with Crippen molar-refractivity contribution in [2.45, 2.75) is 19.8 Å². The molecule has 2 aromatic rings. The lowest BCUT2D eigenvalue weighted by molar-refractivity contribution is 0.0680. The van der Waals surface area contributed by atoms with Gasteiger partial charge in [-0.2, -0.15) is 4.98 Å². The molecule has 17 heavy (non-hydrogen) atoms. The first-order chi connectivity index (χ1) is 8.15. The van der Waals surface area contributed by atoms with E-state index in [9.17, 15) is 4.79 Å². The van der Waals surface area contributed by atoms with Crippen LogP contribution in [0.1, 0.15) is 27.6 Å². The summed E-state index contributed by atoms with van der Waals surface area (Å²) in [5.41, 5.74) is 2.37. The molecule has 0 aliphatic heterocycles. The van der Waals surface area contributed by atoms with Crippen LogP contribution in [0.3, 0.4) is 0 Å². The van der Waals surface area contributed by atoms with E-state index in [0.29, 0.717) is 12.3 Å². The van der Waals surface area contributed by atoms with Gasteiger partial charge in [0, 0.05) is 6.42 Å². The zero-order valence-electron chi connectivity index (χ0n) is 9.38. The first kappa shape index (κ1) is 11.3. The lowest BCUT2D eigenvalue weighted by atomic mass is 10.1. The molecule has 5 heteroatoms. The number of aromatic carboxylic acids is 1. The van der Waals surface area contributed by atoms with E-state index in [1.165, 1.54) is 5.56 Å². The number of aryl methyl sites for hydroxylation is 3. The van der Waals surface area contributed by atoms with E-state index < -0.39 is 5.97 Å². The Labute approximate surface area is 98.1 Å². The van der Waals surface area contributed by atoms with Gasteiger partial charge in [0.05, 0.1) is 0 Å². The molecule has 0 aliphatic carbocycles. The summed E-state index contributed by atoms with van der Waals surface area (Å²) in [5, 5.41) is 12.0. The van der Waals surface area contributed by atoms with E-state index in [1.807, 2.05) is 31.2 Å². The monoisotopic (exact) mass is 232 g/mol. The Hall–Kier alpha value is -2.17. The highest BCUT2D eigenvalue weighted by molar-refractivity contribution is 5.82. The fourth-order valence-corrected chi connectivity index (χ4v) is 1.45. The van der Waals surface area contributed by atoms with Crippen LogP contribution in [-0.2, 0) is 12.8 Å². The van der Waals surface area contributed by atoms with Crippen LogP contribution in [0.2, 0.25) is 0 Å². The summed E-state index contributed by atoms with van der Waals surface area (Å²) in [7, 11) is 0.